The van der Waals surface area contributed by atoms with E-state index in [4.69, 9.17) is 0 Å². The van der Waals surface area contributed by atoms with Gasteiger partial charge >= 0.3 is 0 Å². The molecule has 4 heterocycles. The van der Waals surface area contributed by atoms with Crippen LogP contribution in [0.3, 0.4) is 0 Å². The van der Waals surface area contributed by atoms with Gasteiger partial charge in [-0.05, 0) is 53.6 Å². The standard InChI is InChI=1S/C34H9F9N4O2/c35-17-9-12(23(36)27(40)24(17)37)10-1-3-18-20(5-10)46-31(44-18)13-7-16-14(8-15(13)33(46)48)32-45-19-4-2-11(6-21(19)47(32)34(16)49)22-25(38)28(41)30(43)29(42)26(22)39/h1-9H. The van der Waals surface area contributed by atoms with Crippen molar-refractivity contribution in [2.24, 2.45) is 0 Å². The summed E-state index contributed by atoms with van der Waals surface area (Å²) in [5, 5.41) is 0.547. The van der Waals surface area contributed by atoms with Crippen LogP contribution in [0.25, 0.3) is 77.2 Å². The number of hydrogen-bond acceptors (Lipinski definition) is 4. The first kappa shape index (κ1) is 28.9. The van der Waals surface area contributed by atoms with E-state index in [2.05, 4.69) is 9.97 Å². The molecule has 4 aromatic heterocycles. The maximum atomic E-state index is 14.6. The maximum Gasteiger partial charge on any atom is 0.264 e. The summed E-state index contributed by atoms with van der Waals surface area (Å²) in [6.07, 6.45) is 0. The van der Waals surface area contributed by atoms with Crippen molar-refractivity contribution in [3.8, 4) is 22.3 Å². The maximum absolute atomic E-state index is 14.6. The van der Waals surface area contributed by atoms with Crippen molar-refractivity contribution in [3.63, 3.8) is 0 Å². The third-order valence-electron chi connectivity index (χ3n) is 8.73. The number of rotatable bonds is 2. The summed E-state index contributed by atoms with van der Waals surface area (Å²) in [6, 6.07) is 10.5. The van der Waals surface area contributed by atoms with Gasteiger partial charge in [-0.2, -0.15) is 0 Å². The molecule has 6 nitrogen and oxygen atoms in total. The zero-order chi connectivity index (χ0) is 34.4. The number of nitrogens with zero attached hydrogens (tertiary/aromatic N) is 4. The summed E-state index contributed by atoms with van der Waals surface area (Å²) in [7, 11) is 0. The highest BCUT2D eigenvalue weighted by atomic mass is 19.2. The Morgan fingerprint density at radius 1 is 0.449 bits per heavy atom. The number of fused-ring (bicyclic) bond motifs is 10. The third kappa shape index (κ3) is 3.58. The van der Waals surface area contributed by atoms with E-state index >= 15 is 0 Å². The summed E-state index contributed by atoms with van der Waals surface area (Å²) in [5.74, 6) is -17.9. The fourth-order valence-corrected chi connectivity index (χ4v) is 6.45. The van der Waals surface area contributed by atoms with Crippen molar-refractivity contribution in [1.82, 2.24) is 18.8 Å². The van der Waals surface area contributed by atoms with E-state index in [0.717, 1.165) is 20.9 Å². The van der Waals surface area contributed by atoms with Gasteiger partial charge in [0.1, 0.15) is 11.3 Å². The minimum absolute atomic E-state index is 0.00945. The van der Waals surface area contributed by atoms with Gasteiger partial charge in [0.25, 0.3) is 11.1 Å². The number of aromatic nitrogens is 4. The van der Waals surface area contributed by atoms with Gasteiger partial charge in [-0.1, -0.05) is 12.1 Å². The van der Waals surface area contributed by atoms with Crippen molar-refractivity contribution in [1.29, 1.82) is 0 Å². The first-order chi connectivity index (χ1) is 23.4. The molecule has 0 radical (unpaired) electrons. The second-order valence-corrected chi connectivity index (χ2v) is 11.3. The molecule has 5 aromatic carbocycles. The number of halogens is 9. The van der Waals surface area contributed by atoms with Crippen molar-refractivity contribution < 1.29 is 39.5 Å². The van der Waals surface area contributed by atoms with E-state index in [9.17, 15) is 49.1 Å². The molecule has 0 unspecified atom stereocenters. The van der Waals surface area contributed by atoms with Crippen molar-refractivity contribution in [2.75, 3.05) is 0 Å². The van der Waals surface area contributed by atoms with Crippen LogP contribution in [0, 0.1) is 52.4 Å². The van der Waals surface area contributed by atoms with Crippen LogP contribution in [0.5, 0.6) is 0 Å². The number of imidazole rings is 2. The van der Waals surface area contributed by atoms with Crippen LogP contribution < -0.4 is 11.1 Å². The molecule has 9 rings (SSSR count). The fourth-order valence-electron chi connectivity index (χ4n) is 6.45. The molecule has 0 saturated carbocycles. The second-order valence-electron chi connectivity index (χ2n) is 11.3. The molecule has 0 atom stereocenters. The Bertz CT molecular complexity index is 3070. The van der Waals surface area contributed by atoms with E-state index < -0.39 is 80.2 Å². The summed E-state index contributed by atoms with van der Waals surface area (Å²) < 4.78 is 129. The van der Waals surface area contributed by atoms with Crippen molar-refractivity contribution >= 4 is 54.9 Å². The SMILES string of the molecule is O=c1c2cc3c(cc2c2nc4ccc(-c5cc(F)c(F)c(F)c5F)cc4n12)c(=O)n1c2cc(-c4c(F)c(F)c(F)c(F)c4F)ccc2nc31. The van der Waals surface area contributed by atoms with Crippen LogP contribution in [-0.4, -0.2) is 18.8 Å². The topological polar surface area (TPSA) is 68.7 Å². The summed E-state index contributed by atoms with van der Waals surface area (Å²) in [4.78, 5) is 36.4. The Hall–Kier alpha value is -6.25. The zero-order valence-electron chi connectivity index (χ0n) is 23.7. The molecule has 0 fully saturated rings. The van der Waals surface area contributed by atoms with Crippen LogP contribution in [0.4, 0.5) is 39.5 Å². The van der Waals surface area contributed by atoms with Gasteiger partial charge in [-0.3, -0.25) is 18.4 Å². The van der Waals surface area contributed by atoms with Crippen LogP contribution in [0.2, 0.25) is 0 Å². The van der Waals surface area contributed by atoms with Gasteiger partial charge in [0.05, 0.1) is 38.4 Å². The quantitative estimate of drug-likeness (QED) is 0.107. The van der Waals surface area contributed by atoms with E-state index in [1.54, 1.807) is 0 Å². The molecule has 0 spiro atoms. The average molecular weight is 676 g/mol. The lowest BCUT2D eigenvalue weighted by Crippen LogP contribution is -2.06. The summed E-state index contributed by atoms with van der Waals surface area (Å²) in [5.41, 5.74) is -2.98. The molecule has 0 aliphatic carbocycles. The molecule has 0 bridgehead atoms. The Kier molecular flexibility index (Phi) is 5.57. The molecule has 9 aromatic rings. The van der Waals surface area contributed by atoms with Gasteiger partial charge in [0.2, 0.25) is 5.82 Å². The zero-order valence-corrected chi connectivity index (χ0v) is 23.7. The Labute approximate surface area is 263 Å². The molecule has 0 amide bonds. The highest BCUT2D eigenvalue weighted by Gasteiger charge is 2.28. The van der Waals surface area contributed by atoms with Gasteiger partial charge in [0.15, 0.2) is 46.5 Å². The molecule has 0 N–H and O–H groups in total. The smallest absolute Gasteiger partial charge is 0.264 e. The molecular weight excluding hydrogens is 667 g/mol. The molecule has 15 heteroatoms. The summed E-state index contributed by atoms with van der Waals surface area (Å²) in [6.45, 7) is 0. The predicted molar refractivity (Wildman–Crippen MR) is 159 cm³/mol. The minimum atomic E-state index is -2.32. The average Bonchev–Trinajstić information content (AvgIpc) is 3.81. The largest absolute Gasteiger partial charge is 0.268 e. The first-order valence-electron chi connectivity index (χ1n) is 14.1. The van der Waals surface area contributed by atoms with Gasteiger partial charge in [-0.15, -0.1) is 0 Å². The lowest BCUT2D eigenvalue weighted by atomic mass is 10.0. The predicted octanol–water partition coefficient (Wildman–Crippen LogP) is 7.78. The molecule has 0 aliphatic heterocycles. The lowest BCUT2D eigenvalue weighted by Gasteiger charge is -2.08. The van der Waals surface area contributed by atoms with E-state index in [1.807, 2.05) is 0 Å². The lowest BCUT2D eigenvalue weighted by molar-refractivity contribution is 0.381. The first-order valence-corrected chi connectivity index (χ1v) is 14.1. The highest BCUT2D eigenvalue weighted by molar-refractivity contribution is 6.11. The Morgan fingerprint density at radius 2 is 0.898 bits per heavy atom. The highest BCUT2D eigenvalue weighted by Crippen LogP contribution is 2.36. The number of benzene rings is 5. The van der Waals surface area contributed by atoms with Crippen molar-refractivity contribution in [3.05, 3.63) is 128 Å². The van der Waals surface area contributed by atoms with Crippen LogP contribution >= 0.6 is 0 Å². The molecular formula is C34H9F9N4O2. The fraction of sp³-hybridized carbons (Fsp3) is 0. The van der Waals surface area contributed by atoms with E-state index in [0.29, 0.717) is 6.07 Å². The monoisotopic (exact) mass is 676 g/mol. The van der Waals surface area contributed by atoms with Gasteiger partial charge < -0.3 is 0 Å². The van der Waals surface area contributed by atoms with Crippen LogP contribution in [0.15, 0.2) is 64.2 Å². The Morgan fingerprint density at radius 3 is 1.43 bits per heavy atom. The van der Waals surface area contributed by atoms with Gasteiger partial charge in [-0.25, -0.2) is 49.5 Å². The molecule has 0 saturated heterocycles. The molecule has 49 heavy (non-hydrogen) atoms. The molecule has 240 valence electrons. The van der Waals surface area contributed by atoms with Gasteiger partial charge in [0, 0.05) is 16.3 Å². The second kappa shape index (κ2) is 9.43. The Balaban J connectivity index is 1.27. The molecule has 0 aliphatic rings. The van der Waals surface area contributed by atoms with E-state index in [1.165, 1.54) is 36.4 Å². The third-order valence-corrected chi connectivity index (χ3v) is 8.73. The normalized spacial score (nSPS) is 12.3. The van der Waals surface area contributed by atoms with E-state index in [-0.39, 0.29) is 60.5 Å². The van der Waals surface area contributed by atoms with Crippen LogP contribution in [-0.2, 0) is 0 Å². The minimum Gasteiger partial charge on any atom is -0.268 e. The summed E-state index contributed by atoms with van der Waals surface area (Å²) >= 11 is 0. The van der Waals surface area contributed by atoms with Crippen LogP contribution in [0.1, 0.15) is 0 Å². The van der Waals surface area contributed by atoms with Crippen molar-refractivity contribution in [2.45, 2.75) is 0 Å². The number of hydrogen-bond donors (Lipinski definition) is 0.